The Morgan fingerprint density at radius 1 is 1.12 bits per heavy atom. The third kappa shape index (κ3) is 9.88. The number of hydrogen-bond acceptors (Lipinski definition) is 11. The van der Waals surface area contributed by atoms with E-state index in [9.17, 15) is 43.1 Å². The minimum atomic E-state index is -5.61. The van der Waals surface area contributed by atoms with Crippen molar-refractivity contribution in [3.05, 3.63) is 30.6 Å². The number of aliphatic hydroxyl groups excluding tert-OH is 1. The van der Waals surface area contributed by atoms with Gasteiger partial charge in [0.1, 0.15) is 18.3 Å². The van der Waals surface area contributed by atoms with Gasteiger partial charge < -0.3 is 29.3 Å². The lowest BCUT2D eigenvalue weighted by Gasteiger charge is -2.26. The predicted octanol–water partition coefficient (Wildman–Crippen LogP) is 1.86. The van der Waals surface area contributed by atoms with Crippen molar-refractivity contribution in [2.45, 2.75) is 82.5 Å². The van der Waals surface area contributed by atoms with E-state index in [1.807, 2.05) is 6.92 Å². The average Bonchev–Trinajstić information content (AvgIpc) is 3.14. The Labute approximate surface area is 242 Å². The molecule has 1 saturated heterocycles. The van der Waals surface area contributed by atoms with Crippen LogP contribution in [-0.2, 0) is 36.3 Å². The van der Waals surface area contributed by atoms with Gasteiger partial charge in [-0.3, -0.25) is 18.9 Å². The number of aliphatic hydroxyl groups is 1. The fourth-order valence-corrected chi connectivity index (χ4v) is 8.65. The summed E-state index contributed by atoms with van der Waals surface area (Å²) < 4.78 is 62.5. The summed E-state index contributed by atoms with van der Waals surface area (Å²) in [5.41, 5.74) is -1.50. The van der Waals surface area contributed by atoms with E-state index in [0.29, 0.717) is 19.3 Å². The number of nitrogens with one attached hydrogen (secondary N) is 2. The Balaban J connectivity index is 1.66. The van der Waals surface area contributed by atoms with Crippen molar-refractivity contribution in [2.75, 3.05) is 13.2 Å². The molecule has 2 heterocycles. The molecule has 21 heteroatoms. The summed E-state index contributed by atoms with van der Waals surface area (Å²) in [6, 6.07) is -0.457. The van der Waals surface area contributed by atoms with Gasteiger partial charge in [-0.15, -0.1) is 0 Å². The second kappa shape index (κ2) is 14.4. The van der Waals surface area contributed by atoms with E-state index in [1.165, 1.54) is 6.20 Å². The number of ether oxygens (including phenoxy) is 2. The zero-order chi connectivity index (χ0) is 29.7. The number of rotatable bonds is 14. The molecule has 4 unspecified atom stereocenters. The summed E-state index contributed by atoms with van der Waals surface area (Å²) in [5.74, 6) is 0. The highest BCUT2D eigenvalue weighted by atomic mass is 127. The van der Waals surface area contributed by atoms with Crippen LogP contribution in [0, 0.1) is 3.57 Å². The molecule has 230 valence electrons. The highest BCUT2D eigenvalue weighted by Gasteiger charge is 2.48. The van der Waals surface area contributed by atoms with Gasteiger partial charge in [0.2, 0.25) is 0 Å². The number of phosphoric acid groups is 2. The summed E-state index contributed by atoms with van der Waals surface area (Å²) >= 11 is 1.69. The molecule has 2 fully saturated rings. The molecule has 1 saturated carbocycles. The second-order valence-corrected chi connectivity index (χ2v) is 15.2. The van der Waals surface area contributed by atoms with Crippen LogP contribution in [0.15, 0.2) is 15.8 Å². The minimum Gasteiger partial charge on any atom is -0.387 e. The first-order valence-electron chi connectivity index (χ1n) is 12.4. The molecule has 1 aromatic rings. The van der Waals surface area contributed by atoms with Crippen molar-refractivity contribution in [3.8, 4) is 0 Å². The molecule has 1 aliphatic heterocycles. The first-order valence-corrected chi connectivity index (χ1v) is 18.1. The van der Waals surface area contributed by atoms with E-state index in [0.717, 1.165) is 30.3 Å². The van der Waals surface area contributed by atoms with Crippen molar-refractivity contribution < 1.29 is 56.1 Å². The van der Waals surface area contributed by atoms with Crippen molar-refractivity contribution >= 4 is 46.0 Å². The maximum absolute atomic E-state index is 12.4. The molecule has 1 aliphatic carbocycles. The SMILES string of the molecule is CCCCO[C@H]1C(O)[C@@H](COP(=O)(O)OP(=O)(O)OP(=O)(O)NC2CCCCC2)O[C@H]1n1cc(I)c(=O)[nH]c1=O. The number of nitrogens with zero attached hydrogens (tertiary/aromatic N) is 1. The van der Waals surface area contributed by atoms with Crippen molar-refractivity contribution in [2.24, 2.45) is 0 Å². The predicted molar refractivity (Wildman–Crippen MR) is 146 cm³/mol. The van der Waals surface area contributed by atoms with E-state index in [4.69, 9.17) is 14.0 Å². The van der Waals surface area contributed by atoms with E-state index >= 15 is 0 Å². The van der Waals surface area contributed by atoms with Crippen LogP contribution >= 0.6 is 46.0 Å². The van der Waals surface area contributed by atoms with E-state index in [-0.39, 0.29) is 10.2 Å². The molecular weight excluding hydrogens is 714 g/mol. The molecule has 0 bridgehead atoms. The van der Waals surface area contributed by atoms with Gasteiger partial charge in [0, 0.05) is 18.8 Å². The number of halogens is 1. The maximum atomic E-state index is 12.4. The molecule has 0 radical (unpaired) electrons. The lowest BCUT2D eigenvalue weighted by Crippen LogP contribution is -2.40. The number of aromatic amines is 1. The molecule has 0 aromatic carbocycles. The van der Waals surface area contributed by atoms with E-state index in [1.54, 1.807) is 22.6 Å². The minimum absolute atomic E-state index is 0.133. The highest BCUT2D eigenvalue weighted by Crippen LogP contribution is 2.66. The first kappa shape index (κ1) is 34.2. The number of hydrogen-bond donors (Lipinski definition) is 6. The van der Waals surface area contributed by atoms with Crippen LogP contribution in [0.3, 0.4) is 0 Å². The van der Waals surface area contributed by atoms with Crippen LogP contribution in [0.2, 0.25) is 0 Å². The zero-order valence-corrected chi connectivity index (χ0v) is 26.2. The fourth-order valence-electron chi connectivity index (χ4n) is 4.24. The fraction of sp³-hybridized carbons (Fsp3) is 0.789. The van der Waals surface area contributed by atoms with Crippen LogP contribution in [0.5, 0.6) is 0 Å². The summed E-state index contributed by atoms with van der Waals surface area (Å²) in [7, 11) is -15.9. The summed E-state index contributed by atoms with van der Waals surface area (Å²) in [6.45, 7) is 1.17. The van der Waals surface area contributed by atoms with Gasteiger partial charge in [-0.05, 0) is 41.9 Å². The monoisotopic (exact) mass is 747 g/mol. The molecule has 40 heavy (non-hydrogen) atoms. The van der Waals surface area contributed by atoms with Crippen LogP contribution in [0.1, 0.15) is 58.1 Å². The van der Waals surface area contributed by atoms with Crippen molar-refractivity contribution in [3.63, 3.8) is 0 Å². The van der Waals surface area contributed by atoms with Gasteiger partial charge in [0.05, 0.1) is 10.2 Å². The van der Waals surface area contributed by atoms with Crippen LogP contribution in [0.25, 0.3) is 0 Å². The van der Waals surface area contributed by atoms with Gasteiger partial charge in [-0.25, -0.2) is 23.6 Å². The van der Waals surface area contributed by atoms with E-state index in [2.05, 4.69) is 18.7 Å². The normalized spacial score (nSPS) is 28.6. The molecule has 1 aromatic heterocycles. The maximum Gasteiger partial charge on any atom is 0.489 e. The van der Waals surface area contributed by atoms with Crippen molar-refractivity contribution in [1.29, 1.82) is 0 Å². The van der Waals surface area contributed by atoms with Gasteiger partial charge in [-0.2, -0.15) is 8.62 Å². The van der Waals surface area contributed by atoms with Gasteiger partial charge in [0.25, 0.3) is 5.56 Å². The molecule has 0 amide bonds. The largest absolute Gasteiger partial charge is 0.489 e. The van der Waals surface area contributed by atoms with Crippen molar-refractivity contribution in [1.82, 2.24) is 14.6 Å². The smallest absolute Gasteiger partial charge is 0.387 e. The molecular formula is C19H33IN3O14P3. The topological polar surface area (TPSA) is 245 Å². The average molecular weight is 747 g/mol. The summed E-state index contributed by atoms with van der Waals surface area (Å²) in [4.78, 5) is 56.0. The summed E-state index contributed by atoms with van der Waals surface area (Å²) in [5, 5.41) is 13.0. The van der Waals surface area contributed by atoms with Crippen LogP contribution in [-0.4, -0.2) is 66.9 Å². The van der Waals surface area contributed by atoms with E-state index < -0.39 is 71.8 Å². The first-order chi connectivity index (χ1) is 18.6. The highest BCUT2D eigenvalue weighted by molar-refractivity contribution is 14.1. The molecule has 7 atom stereocenters. The second-order valence-electron chi connectivity index (χ2n) is 9.27. The Bertz CT molecular complexity index is 1270. The van der Waals surface area contributed by atoms with Gasteiger partial charge >= 0.3 is 29.1 Å². The lowest BCUT2D eigenvalue weighted by atomic mass is 9.96. The lowest BCUT2D eigenvalue weighted by molar-refractivity contribution is -0.0745. The number of unbranched alkanes of at least 4 members (excludes halogenated alkanes) is 1. The Morgan fingerprint density at radius 2 is 1.80 bits per heavy atom. The third-order valence-electron chi connectivity index (χ3n) is 6.09. The number of H-pyrrole nitrogens is 1. The Kier molecular flexibility index (Phi) is 12.4. The Morgan fingerprint density at radius 3 is 2.45 bits per heavy atom. The molecule has 3 rings (SSSR count). The number of aromatic nitrogens is 2. The molecule has 6 N–H and O–H groups in total. The molecule has 2 aliphatic rings. The number of phosphoric ester groups is 1. The zero-order valence-electron chi connectivity index (χ0n) is 21.4. The molecule has 0 spiro atoms. The van der Waals surface area contributed by atoms with Gasteiger partial charge in [0.15, 0.2) is 6.23 Å². The Hall–Kier alpha value is -0.300. The van der Waals surface area contributed by atoms with Gasteiger partial charge in [-0.1, -0.05) is 32.6 Å². The van der Waals surface area contributed by atoms with Crippen LogP contribution in [0.4, 0.5) is 0 Å². The quantitative estimate of drug-likeness (QED) is 0.0904. The van der Waals surface area contributed by atoms with Crippen LogP contribution < -0.4 is 16.3 Å². The summed E-state index contributed by atoms with van der Waals surface area (Å²) in [6.07, 6.45) is 0.721. The molecule has 17 nitrogen and oxygen atoms in total. The third-order valence-corrected chi connectivity index (χ3v) is 11.4. The standard InChI is InChI=1S/C19H33IN3O14P3/c1-2-3-9-33-16-15(24)14(35-18(16)23-10-13(20)17(25)21-19(23)26)11-34-39(29,30)37-40(31,32)36-38(27,28)22-12-7-5-4-6-8-12/h10,12,14-16,18,24H,2-9,11H2,1H3,(H,29,30)(H,31,32)(H,21,25,26)(H2,22,27,28)/t14-,15?,16+,18-/m1/s1.